The fourth-order valence-electron chi connectivity index (χ4n) is 2.61. The monoisotopic (exact) mass is 258 g/mol. The summed E-state index contributed by atoms with van der Waals surface area (Å²) in [6.07, 6.45) is 0.205. The summed E-state index contributed by atoms with van der Waals surface area (Å²) in [5.74, 6) is -0.102. The Labute approximate surface area is 107 Å². The summed E-state index contributed by atoms with van der Waals surface area (Å²) in [4.78, 5) is 14.1. The fourth-order valence-corrected chi connectivity index (χ4v) is 2.61. The fraction of sp³-hybridized carbons (Fsp3) is 0.917. The number of aliphatic hydroxyl groups excluding tert-OH is 1. The number of carbonyl (C=O) groups is 1. The van der Waals surface area contributed by atoms with Crippen LogP contribution in [0, 0.1) is 0 Å². The predicted octanol–water partition coefficient (Wildman–Crippen LogP) is -0.897. The minimum atomic E-state index is -0.909. The van der Waals surface area contributed by atoms with Crippen molar-refractivity contribution in [1.82, 2.24) is 4.90 Å². The van der Waals surface area contributed by atoms with Crippen molar-refractivity contribution in [2.45, 2.75) is 37.5 Å². The summed E-state index contributed by atoms with van der Waals surface area (Å²) in [6.45, 7) is 5.39. The third-order valence-corrected chi connectivity index (χ3v) is 3.45. The molecule has 104 valence electrons. The Balaban J connectivity index is 2.09. The summed E-state index contributed by atoms with van der Waals surface area (Å²) in [5.41, 5.74) is 4.72. The summed E-state index contributed by atoms with van der Waals surface area (Å²) < 4.78 is 10.9. The van der Waals surface area contributed by atoms with E-state index in [2.05, 4.69) is 0 Å². The van der Waals surface area contributed by atoms with Crippen molar-refractivity contribution in [1.29, 1.82) is 0 Å². The van der Waals surface area contributed by atoms with Crippen LogP contribution in [0.25, 0.3) is 0 Å². The lowest BCUT2D eigenvalue weighted by molar-refractivity contribution is -0.170. The number of aliphatic hydroxyl groups is 1. The number of hydrogen-bond acceptors (Lipinski definition) is 5. The van der Waals surface area contributed by atoms with E-state index in [1.165, 1.54) is 0 Å². The van der Waals surface area contributed by atoms with Crippen LogP contribution in [-0.2, 0) is 14.3 Å². The van der Waals surface area contributed by atoms with Crippen LogP contribution in [0.1, 0.15) is 20.3 Å². The molecule has 6 heteroatoms. The summed E-state index contributed by atoms with van der Waals surface area (Å²) in [6, 6.07) is 0. The minimum Gasteiger partial charge on any atom is -0.394 e. The van der Waals surface area contributed by atoms with Gasteiger partial charge < -0.3 is 25.2 Å². The zero-order valence-corrected chi connectivity index (χ0v) is 11.0. The number of amides is 1. The molecule has 0 aliphatic carbocycles. The summed E-state index contributed by atoms with van der Waals surface area (Å²) in [5, 5.41) is 9.23. The standard InChI is InChI=1S/C12H22N2O4/c1-11(2)7-14(5-9(6-15)18-11)10(16)12(13)3-4-17-8-12/h9,15H,3-8,13H2,1-2H3. The van der Waals surface area contributed by atoms with Crippen LogP contribution in [0.3, 0.4) is 0 Å². The molecule has 0 aromatic carbocycles. The predicted molar refractivity (Wildman–Crippen MR) is 65.0 cm³/mol. The van der Waals surface area contributed by atoms with E-state index < -0.39 is 11.1 Å². The summed E-state index contributed by atoms with van der Waals surface area (Å²) >= 11 is 0. The molecule has 0 bridgehead atoms. The van der Waals surface area contributed by atoms with Crippen molar-refractivity contribution < 1.29 is 19.4 Å². The number of ether oxygens (including phenoxy) is 2. The van der Waals surface area contributed by atoms with Crippen LogP contribution in [0.15, 0.2) is 0 Å². The Morgan fingerprint density at radius 1 is 1.56 bits per heavy atom. The van der Waals surface area contributed by atoms with Crippen LogP contribution in [0.5, 0.6) is 0 Å². The van der Waals surface area contributed by atoms with Gasteiger partial charge >= 0.3 is 0 Å². The Morgan fingerprint density at radius 3 is 2.83 bits per heavy atom. The highest BCUT2D eigenvalue weighted by molar-refractivity contribution is 5.86. The lowest BCUT2D eigenvalue weighted by atomic mass is 9.96. The largest absolute Gasteiger partial charge is 0.394 e. The van der Waals surface area contributed by atoms with E-state index in [-0.39, 0.29) is 25.2 Å². The SMILES string of the molecule is CC1(C)CN(C(=O)C2(N)CCOC2)CC(CO)O1. The molecule has 2 saturated heterocycles. The highest BCUT2D eigenvalue weighted by Crippen LogP contribution is 2.25. The number of morpholine rings is 1. The molecule has 2 rings (SSSR count). The number of nitrogens with zero attached hydrogens (tertiary/aromatic N) is 1. The van der Waals surface area contributed by atoms with Crippen LogP contribution in [0.2, 0.25) is 0 Å². The van der Waals surface area contributed by atoms with E-state index in [9.17, 15) is 9.90 Å². The van der Waals surface area contributed by atoms with E-state index in [4.69, 9.17) is 15.2 Å². The second-order valence-electron chi connectivity index (χ2n) is 5.83. The maximum Gasteiger partial charge on any atom is 0.245 e. The third-order valence-electron chi connectivity index (χ3n) is 3.45. The Kier molecular flexibility index (Phi) is 3.64. The number of rotatable bonds is 2. The average Bonchev–Trinajstić information content (AvgIpc) is 2.74. The first-order valence-corrected chi connectivity index (χ1v) is 6.31. The first-order valence-electron chi connectivity index (χ1n) is 6.31. The molecule has 0 aromatic rings. The smallest absolute Gasteiger partial charge is 0.245 e. The van der Waals surface area contributed by atoms with Gasteiger partial charge in [-0.3, -0.25) is 4.79 Å². The first kappa shape index (κ1) is 13.7. The number of nitrogens with two attached hydrogens (primary N) is 1. The van der Waals surface area contributed by atoms with Gasteiger partial charge in [0.1, 0.15) is 5.54 Å². The molecule has 2 aliphatic heterocycles. The van der Waals surface area contributed by atoms with Gasteiger partial charge in [-0.1, -0.05) is 0 Å². The maximum atomic E-state index is 12.5. The second kappa shape index (κ2) is 4.77. The molecule has 2 aliphatic rings. The zero-order valence-electron chi connectivity index (χ0n) is 11.0. The van der Waals surface area contributed by atoms with E-state index in [0.29, 0.717) is 26.1 Å². The van der Waals surface area contributed by atoms with Gasteiger partial charge in [-0.15, -0.1) is 0 Å². The van der Waals surface area contributed by atoms with Crippen molar-refractivity contribution in [2.24, 2.45) is 5.73 Å². The van der Waals surface area contributed by atoms with E-state index in [1.807, 2.05) is 13.8 Å². The van der Waals surface area contributed by atoms with Gasteiger partial charge in [0.15, 0.2) is 0 Å². The quantitative estimate of drug-likeness (QED) is 0.670. The van der Waals surface area contributed by atoms with E-state index >= 15 is 0 Å². The zero-order chi connectivity index (χ0) is 13.4. The van der Waals surface area contributed by atoms with Gasteiger partial charge in [0.25, 0.3) is 0 Å². The molecule has 2 heterocycles. The molecular formula is C12H22N2O4. The summed E-state index contributed by atoms with van der Waals surface area (Å²) in [7, 11) is 0. The molecule has 6 nitrogen and oxygen atoms in total. The van der Waals surface area contributed by atoms with Crippen molar-refractivity contribution >= 4 is 5.91 Å². The van der Waals surface area contributed by atoms with Gasteiger partial charge in [-0.2, -0.15) is 0 Å². The molecular weight excluding hydrogens is 236 g/mol. The van der Waals surface area contributed by atoms with Crippen molar-refractivity contribution in [3.63, 3.8) is 0 Å². The number of carbonyl (C=O) groups excluding carboxylic acids is 1. The highest BCUT2D eigenvalue weighted by atomic mass is 16.5. The normalized spacial score (nSPS) is 35.8. The molecule has 3 N–H and O–H groups in total. The third kappa shape index (κ3) is 2.66. The number of hydrogen-bond donors (Lipinski definition) is 2. The van der Waals surface area contributed by atoms with E-state index in [1.54, 1.807) is 4.90 Å². The van der Waals surface area contributed by atoms with Crippen molar-refractivity contribution in [3.8, 4) is 0 Å². The Bertz CT molecular complexity index is 326. The first-order chi connectivity index (χ1) is 8.36. The van der Waals surface area contributed by atoms with Crippen LogP contribution >= 0.6 is 0 Å². The van der Waals surface area contributed by atoms with Gasteiger partial charge in [0, 0.05) is 19.7 Å². The molecule has 0 aromatic heterocycles. The van der Waals surface area contributed by atoms with Gasteiger partial charge in [0.2, 0.25) is 5.91 Å². The Morgan fingerprint density at radius 2 is 2.28 bits per heavy atom. The van der Waals surface area contributed by atoms with Gasteiger partial charge in [-0.25, -0.2) is 0 Å². The minimum absolute atomic E-state index is 0.0960. The maximum absolute atomic E-state index is 12.5. The van der Waals surface area contributed by atoms with E-state index in [0.717, 1.165) is 0 Å². The Hall–Kier alpha value is -0.690. The second-order valence-corrected chi connectivity index (χ2v) is 5.83. The lowest BCUT2D eigenvalue weighted by Crippen LogP contribution is -2.63. The lowest BCUT2D eigenvalue weighted by Gasteiger charge is -2.44. The average molecular weight is 258 g/mol. The topological polar surface area (TPSA) is 85.0 Å². The van der Waals surface area contributed by atoms with Crippen LogP contribution in [-0.4, -0.2) is 66.1 Å². The molecule has 0 saturated carbocycles. The molecule has 0 spiro atoms. The van der Waals surface area contributed by atoms with Crippen LogP contribution in [0.4, 0.5) is 0 Å². The van der Waals surface area contributed by atoms with Crippen molar-refractivity contribution in [3.05, 3.63) is 0 Å². The molecule has 2 atom stereocenters. The molecule has 2 unspecified atom stereocenters. The highest BCUT2D eigenvalue weighted by Gasteiger charge is 2.45. The molecule has 2 fully saturated rings. The van der Waals surface area contributed by atoms with Crippen LogP contribution < -0.4 is 5.73 Å². The van der Waals surface area contributed by atoms with Gasteiger partial charge in [0.05, 0.1) is 24.9 Å². The van der Waals surface area contributed by atoms with Crippen molar-refractivity contribution in [2.75, 3.05) is 32.9 Å². The molecule has 1 amide bonds. The molecule has 18 heavy (non-hydrogen) atoms. The molecule has 0 radical (unpaired) electrons. The van der Waals surface area contributed by atoms with Gasteiger partial charge in [-0.05, 0) is 20.3 Å².